The van der Waals surface area contributed by atoms with Crippen molar-refractivity contribution in [3.63, 3.8) is 0 Å². The van der Waals surface area contributed by atoms with E-state index in [1.54, 1.807) is 0 Å². The largest absolute Gasteiger partial charge is 0.490 e. The molecule has 122 valence electrons. The number of carbonyl (C=O) groups is 1. The summed E-state index contributed by atoms with van der Waals surface area (Å²) in [4.78, 5) is 10.8. The molecule has 0 radical (unpaired) electrons. The highest BCUT2D eigenvalue weighted by Gasteiger charge is 2.42. The molecule has 2 atom stereocenters. The number of nitrogens with two attached hydrogens (primary N) is 1. The molecule has 0 amide bonds. The second-order valence-corrected chi connectivity index (χ2v) is 5.78. The van der Waals surface area contributed by atoms with Gasteiger partial charge < -0.3 is 9.47 Å². The minimum atomic E-state index is -5.04. The fourth-order valence-corrected chi connectivity index (χ4v) is 2.61. The van der Waals surface area contributed by atoms with E-state index in [2.05, 4.69) is 4.74 Å². The lowest BCUT2D eigenvalue weighted by molar-refractivity contribution is -0.205. The van der Waals surface area contributed by atoms with Crippen LogP contribution >= 0.6 is 0 Å². The molecule has 2 N–H and O–H groups in total. The molecular formula is C15H18F3NO3. The van der Waals surface area contributed by atoms with Crippen LogP contribution in [0.25, 0.3) is 0 Å². The standard InChI is InChI=1S/C15H18F3NO3/c1-14(2)11-6-4-3-5-10(11)9(8-21-14)7-12(19)22-13(20)15(16,17)18/h3-6,9,12H,7-8,19H2,1-2H3. The Morgan fingerprint density at radius 3 is 2.73 bits per heavy atom. The molecular weight excluding hydrogens is 299 g/mol. The summed E-state index contributed by atoms with van der Waals surface area (Å²) in [6, 6.07) is 7.52. The molecule has 2 rings (SSSR count). The number of alkyl halides is 3. The number of rotatable bonds is 3. The van der Waals surface area contributed by atoms with Gasteiger partial charge in [-0.1, -0.05) is 24.3 Å². The van der Waals surface area contributed by atoms with Gasteiger partial charge in [-0.25, -0.2) is 4.79 Å². The van der Waals surface area contributed by atoms with Crippen LogP contribution in [0.2, 0.25) is 0 Å². The average molecular weight is 317 g/mol. The second-order valence-electron chi connectivity index (χ2n) is 5.78. The van der Waals surface area contributed by atoms with Crippen LogP contribution in [-0.2, 0) is 19.9 Å². The van der Waals surface area contributed by atoms with E-state index in [0.717, 1.165) is 11.1 Å². The molecule has 4 nitrogen and oxygen atoms in total. The normalized spacial score (nSPS) is 21.8. The van der Waals surface area contributed by atoms with Gasteiger partial charge in [0.25, 0.3) is 0 Å². The van der Waals surface area contributed by atoms with Crippen LogP contribution in [-0.4, -0.2) is 25.0 Å². The fraction of sp³-hybridized carbons (Fsp3) is 0.533. The van der Waals surface area contributed by atoms with E-state index in [-0.39, 0.29) is 12.3 Å². The molecule has 1 aromatic rings. The van der Waals surface area contributed by atoms with E-state index in [9.17, 15) is 18.0 Å². The van der Waals surface area contributed by atoms with Crippen LogP contribution in [0, 0.1) is 0 Å². The Morgan fingerprint density at radius 2 is 2.09 bits per heavy atom. The number of esters is 1. The van der Waals surface area contributed by atoms with Gasteiger partial charge in [-0.15, -0.1) is 0 Å². The molecule has 0 saturated carbocycles. The molecule has 2 unspecified atom stereocenters. The van der Waals surface area contributed by atoms with Crippen LogP contribution in [0.4, 0.5) is 13.2 Å². The zero-order valence-corrected chi connectivity index (χ0v) is 12.3. The lowest BCUT2D eigenvalue weighted by atomic mass is 9.82. The minimum Gasteiger partial charge on any atom is -0.440 e. The monoisotopic (exact) mass is 317 g/mol. The minimum absolute atomic E-state index is 0.0644. The number of fused-ring (bicyclic) bond motifs is 1. The fourth-order valence-electron chi connectivity index (χ4n) is 2.61. The van der Waals surface area contributed by atoms with Gasteiger partial charge in [-0.05, 0) is 25.0 Å². The van der Waals surface area contributed by atoms with Gasteiger partial charge in [-0.3, -0.25) is 5.73 Å². The maximum Gasteiger partial charge on any atom is 0.490 e. The number of ether oxygens (including phenoxy) is 2. The number of hydrogen-bond acceptors (Lipinski definition) is 4. The van der Waals surface area contributed by atoms with Crippen LogP contribution in [0.1, 0.15) is 37.3 Å². The Kier molecular flexibility index (Phi) is 4.49. The summed E-state index contributed by atoms with van der Waals surface area (Å²) in [5.74, 6) is -2.49. The molecule has 1 aliphatic heterocycles. The third-order valence-electron chi connectivity index (χ3n) is 3.70. The first kappa shape index (κ1) is 16.8. The van der Waals surface area contributed by atoms with Gasteiger partial charge in [0.15, 0.2) is 6.23 Å². The first-order valence-electron chi connectivity index (χ1n) is 6.88. The van der Waals surface area contributed by atoms with Gasteiger partial charge in [0.05, 0.1) is 12.2 Å². The van der Waals surface area contributed by atoms with E-state index in [0.29, 0.717) is 6.61 Å². The summed E-state index contributed by atoms with van der Waals surface area (Å²) in [5.41, 5.74) is 6.97. The average Bonchev–Trinajstić information content (AvgIpc) is 2.41. The molecule has 1 aromatic carbocycles. The molecule has 0 fully saturated rings. The van der Waals surface area contributed by atoms with Crippen LogP contribution in [0.3, 0.4) is 0 Å². The van der Waals surface area contributed by atoms with Crippen molar-refractivity contribution in [2.75, 3.05) is 6.61 Å². The molecule has 0 spiro atoms. The van der Waals surface area contributed by atoms with E-state index in [1.165, 1.54) is 0 Å². The van der Waals surface area contributed by atoms with Crippen molar-refractivity contribution >= 4 is 5.97 Å². The molecule has 0 saturated heterocycles. The van der Waals surface area contributed by atoms with Crippen LogP contribution in [0.15, 0.2) is 24.3 Å². The zero-order chi connectivity index (χ0) is 16.5. The maximum atomic E-state index is 12.2. The number of carbonyl (C=O) groups excluding carboxylic acids is 1. The Balaban J connectivity index is 2.10. The van der Waals surface area contributed by atoms with E-state index >= 15 is 0 Å². The van der Waals surface area contributed by atoms with E-state index < -0.39 is 24.0 Å². The van der Waals surface area contributed by atoms with Crippen molar-refractivity contribution < 1.29 is 27.4 Å². The molecule has 0 aromatic heterocycles. The molecule has 22 heavy (non-hydrogen) atoms. The number of benzene rings is 1. The first-order valence-corrected chi connectivity index (χ1v) is 6.88. The van der Waals surface area contributed by atoms with Crippen LogP contribution in [0.5, 0.6) is 0 Å². The summed E-state index contributed by atoms with van der Waals surface area (Å²) in [7, 11) is 0. The number of hydrogen-bond donors (Lipinski definition) is 1. The zero-order valence-electron chi connectivity index (χ0n) is 12.3. The van der Waals surface area contributed by atoms with Crippen molar-refractivity contribution in [2.45, 2.75) is 44.2 Å². The summed E-state index contributed by atoms with van der Waals surface area (Å²) in [5, 5.41) is 0. The quantitative estimate of drug-likeness (QED) is 0.688. The summed E-state index contributed by atoms with van der Waals surface area (Å²) in [6.45, 7) is 4.15. The third kappa shape index (κ3) is 3.59. The van der Waals surface area contributed by atoms with Gasteiger partial charge in [0.1, 0.15) is 0 Å². The molecule has 0 aliphatic carbocycles. The highest BCUT2D eigenvalue weighted by Crippen LogP contribution is 2.39. The summed E-state index contributed by atoms with van der Waals surface area (Å²) in [6.07, 6.45) is -6.31. The first-order chi connectivity index (χ1) is 10.1. The van der Waals surface area contributed by atoms with Gasteiger partial charge in [0, 0.05) is 12.3 Å². The van der Waals surface area contributed by atoms with Gasteiger partial charge in [-0.2, -0.15) is 13.2 Å². The lowest BCUT2D eigenvalue weighted by Gasteiger charge is -2.38. The molecule has 7 heteroatoms. The summed E-state index contributed by atoms with van der Waals surface area (Å²) < 4.78 is 46.5. The highest BCUT2D eigenvalue weighted by atomic mass is 19.4. The Hall–Kier alpha value is -1.60. The van der Waals surface area contributed by atoms with Gasteiger partial charge >= 0.3 is 12.1 Å². The Bertz CT molecular complexity index is 557. The van der Waals surface area contributed by atoms with Gasteiger partial charge in [0.2, 0.25) is 0 Å². The Labute approximate surface area is 126 Å². The topological polar surface area (TPSA) is 61.6 Å². The van der Waals surface area contributed by atoms with Crippen molar-refractivity contribution in [3.8, 4) is 0 Å². The molecule has 1 heterocycles. The smallest absolute Gasteiger partial charge is 0.440 e. The third-order valence-corrected chi connectivity index (χ3v) is 3.70. The van der Waals surface area contributed by atoms with Crippen molar-refractivity contribution in [1.82, 2.24) is 0 Å². The predicted molar refractivity (Wildman–Crippen MR) is 72.9 cm³/mol. The highest BCUT2D eigenvalue weighted by molar-refractivity contribution is 5.75. The van der Waals surface area contributed by atoms with Crippen molar-refractivity contribution in [3.05, 3.63) is 35.4 Å². The Morgan fingerprint density at radius 1 is 1.45 bits per heavy atom. The van der Waals surface area contributed by atoms with E-state index in [1.807, 2.05) is 38.1 Å². The van der Waals surface area contributed by atoms with Crippen molar-refractivity contribution in [2.24, 2.45) is 5.73 Å². The number of halogens is 3. The van der Waals surface area contributed by atoms with Crippen molar-refractivity contribution in [1.29, 1.82) is 0 Å². The summed E-state index contributed by atoms with van der Waals surface area (Å²) >= 11 is 0. The predicted octanol–water partition coefficient (Wildman–Crippen LogP) is 2.82. The van der Waals surface area contributed by atoms with E-state index in [4.69, 9.17) is 10.5 Å². The lowest BCUT2D eigenvalue weighted by Crippen LogP contribution is -2.38. The molecule has 0 bridgehead atoms. The maximum absolute atomic E-state index is 12.2. The van der Waals surface area contributed by atoms with Crippen LogP contribution < -0.4 is 5.73 Å². The SMILES string of the molecule is CC1(C)OCC(CC(N)OC(=O)C(F)(F)F)c2ccccc21. The second kappa shape index (κ2) is 5.89. The molecule has 1 aliphatic rings.